The van der Waals surface area contributed by atoms with Crippen molar-refractivity contribution in [3.8, 4) is 11.4 Å². The van der Waals surface area contributed by atoms with Crippen LogP contribution in [-0.2, 0) is 18.4 Å². The van der Waals surface area contributed by atoms with Crippen LogP contribution < -0.4 is 4.90 Å². The maximum absolute atomic E-state index is 13.2. The Kier molecular flexibility index (Phi) is 6.84. The third kappa shape index (κ3) is 5.24. The third-order valence-electron chi connectivity index (χ3n) is 4.81. The topological polar surface area (TPSA) is 51.0 Å². The second kappa shape index (κ2) is 9.94. The van der Waals surface area contributed by atoms with Crippen LogP contribution in [0.2, 0.25) is 0 Å². The minimum atomic E-state index is 0.0215. The van der Waals surface area contributed by atoms with Crippen molar-refractivity contribution in [3.05, 3.63) is 95.0 Å². The minimum Gasteiger partial charge on any atom is -0.307 e. The number of amides is 1. The van der Waals surface area contributed by atoms with Crippen LogP contribution in [0.4, 0.5) is 5.69 Å². The largest absolute Gasteiger partial charge is 0.307 e. The SMILES string of the molecule is Cn1c(SCC(=O)N(Cc2ccccc2)c2ccccc2)nnc1-c1ccc(Br)cc1. The van der Waals surface area contributed by atoms with Gasteiger partial charge < -0.3 is 9.47 Å². The number of benzene rings is 3. The van der Waals surface area contributed by atoms with E-state index in [1.54, 1.807) is 0 Å². The molecule has 0 saturated heterocycles. The van der Waals surface area contributed by atoms with Crippen LogP contribution in [0.1, 0.15) is 5.56 Å². The molecule has 0 radical (unpaired) electrons. The number of hydrogen-bond acceptors (Lipinski definition) is 4. The first-order valence-corrected chi connectivity index (χ1v) is 11.6. The lowest BCUT2D eigenvalue weighted by molar-refractivity contribution is -0.116. The molecule has 1 heterocycles. The molecule has 0 spiro atoms. The number of carbonyl (C=O) groups is 1. The van der Waals surface area contributed by atoms with Crippen LogP contribution in [0, 0.1) is 0 Å². The zero-order valence-electron chi connectivity index (χ0n) is 17.0. The van der Waals surface area contributed by atoms with Crippen LogP contribution in [0.3, 0.4) is 0 Å². The van der Waals surface area contributed by atoms with Crippen molar-refractivity contribution in [2.45, 2.75) is 11.7 Å². The van der Waals surface area contributed by atoms with Gasteiger partial charge in [-0.2, -0.15) is 0 Å². The summed E-state index contributed by atoms with van der Waals surface area (Å²) in [4.78, 5) is 15.0. The number of carbonyl (C=O) groups excluding carboxylic acids is 1. The lowest BCUT2D eigenvalue weighted by atomic mass is 10.2. The molecule has 0 N–H and O–H groups in total. The first-order valence-electron chi connectivity index (χ1n) is 9.79. The Hall–Kier alpha value is -2.90. The van der Waals surface area contributed by atoms with Crippen LogP contribution >= 0.6 is 27.7 Å². The molecule has 156 valence electrons. The fraction of sp³-hybridized carbons (Fsp3) is 0.125. The Bertz CT molecular complexity index is 1150. The summed E-state index contributed by atoms with van der Waals surface area (Å²) in [6.45, 7) is 0.521. The molecular weight excluding hydrogens is 472 g/mol. The van der Waals surface area contributed by atoms with E-state index in [2.05, 4.69) is 26.1 Å². The van der Waals surface area contributed by atoms with Crippen LogP contribution in [0.25, 0.3) is 11.4 Å². The van der Waals surface area contributed by atoms with Gasteiger partial charge in [-0.25, -0.2) is 0 Å². The van der Waals surface area contributed by atoms with Crippen molar-refractivity contribution in [1.29, 1.82) is 0 Å². The summed E-state index contributed by atoms with van der Waals surface area (Å²) in [5.74, 6) is 1.06. The maximum Gasteiger partial charge on any atom is 0.237 e. The molecule has 0 saturated carbocycles. The number of rotatable bonds is 7. The average Bonchev–Trinajstić information content (AvgIpc) is 3.18. The van der Waals surface area contributed by atoms with Gasteiger partial charge >= 0.3 is 0 Å². The Balaban J connectivity index is 1.50. The molecule has 31 heavy (non-hydrogen) atoms. The molecule has 7 heteroatoms. The molecule has 4 aromatic rings. The van der Waals surface area contributed by atoms with E-state index in [1.165, 1.54) is 11.8 Å². The van der Waals surface area contributed by atoms with Crippen LogP contribution in [-0.4, -0.2) is 26.4 Å². The van der Waals surface area contributed by atoms with E-state index in [1.807, 2.05) is 101 Å². The summed E-state index contributed by atoms with van der Waals surface area (Å²) in [6, 6.07) is 27.7. The van der Waals surface area contributed by atoms with Gasteiger partial charge in [0.2, 0.25) is 5.91 Å². The van der Waals surface area contributed by atoms with E-state index in [-0.39, 0.29) is 11.7 Å². The molecule has 0 fully saturated rings. The van der Waals surface area contributed by atoms with E-state index >= 15 is 0 Å². The van der Waals surface area contributed by atoms with Gasteiger partial charge in [-0.05, 0) is 29.8 Å². The van der Waals surface area contributed by atoms with E-state index in [0.717, 1.165) is 27.1 Å². The standard InChI is InChI=1S/C24H21BrN4OS/c1-28-23(19-12-14-20(25)15-13-19)26-27-24(28)31-17-22(30)29(21-10-6-3-7-11-21)16-18-8-4-2-5-9-18/h2-15H,16-17H2,1H3. The number of thioether (sulfide) groups is 1. The van der Waals surface area contributed by atoms with Gasteiger partial charge in [0.05, 0.1) is 12.3 Å². The van der Waals surface area contributed by atoms with Gasteiger partial charge in [-0.15, -0.1) is 10.2 Å². The summed E-state index contributed by atoms with van der Waals surface area (Å²) < 4.78 is 2.93. The number of hydrogen-bond donors (Lipinski definition) is 0. The van der Waals surface area contributed by atoms with Gasteiger partial charge in [0.1, 0.15) is 0 Å². The summed E-state index contributed by atoms with van der Waals surface area (Å²) in [5.41, 5.74) is 2.94. The summed E-state index contributed by atoms with van der Waals surface area (Å²) in [7, 11) is 1.92. The molecule has 1 aromatic heterocycles. The van der Waals surface area contributed by atoms with Gasteiger partial charge in [-0.3, -0.25) is 4.79 Å². The normalized spacial score (nSPS) is 10.8. The quantitative estimate of drug-likeness (QED) is 0.316. The van der Waals surface area contributed by atoms with Gasteiger partial charge in [0, 0.05) is 22.8 Å². The van der Waals surface area contributed by atoms with Crippen molar-refractivity contribution in [1.82, 2.24) is 14.8 Å². The van der Waals surface area contributed by atoms with Crippen molar-refractivity contribution in [3.63, 3.8) is 0 Å². The summed E-state index contributed by atoms with van der Waals surface area (Å²) in [6.07, 6.45) is 0. The fourth-order valence-corrected chi connectivity index (χ4v) is 4.24. The highest BCUT2D eigenvalue weighted by molar-refractivity contribution is 9.10. The van der Waals surface area contributed by atoms with Crippen molar-refractivity contribution >= 4 is 39.3 Å². The molecule has 0 aliphatic rings. The molecule has 0 unspecified atom stereocenters. The molecule has 0 bridgehead atoms. The zero-order chi connectivity index (χ0) is 21.6. The highest BCUT2D eigenvalue weighted by Gasteiger charge is 2.19. The van der Waals surface area contributed by atoms with Crippen LogP contribution in [0.15, 0.2) is 94.6 Å². The summed E-state index contributed by atoms with van der Waals surface area (Å²) >= 11 is 4.85. The average molecular weight is 493 g/mol. The van der Waals surface area contributed by atoms with Gasteiger partial charge in [0.15, 0.2) is 11.0 Å². The number of halogens is 1. The zero-order valence-corrected chi connectivity index (χ0v) is 19.4. The highest BCUT2D eigenvalue weighted by atomic mass is 79.9. The lowest BCUT2D eigenvalue weighted by Crippen LogP contribution is -2.32. The second-order valence-electron chi connectivity index (χ2n) is 6.96. The number of para-hydroxylation sites is 1. The molecule has 0 aliphatic heterocycles. The van der Waals surface area contributed by atoms with E-state index in [0.29, 0.717) is 11.7 Å². The first-order chi connectivity index (χ1) is 15.1. The predicted octanol–water partition coefficient (Wildman–Crippen LogP) is 5.57. The molecule has 1 amide bonds. The Morgan fingerprint density at radius 1 is 0.935 bits per heavy atom. The minimum absolute atomic E-state index is 0.0215. The molecule has 0 atom stereocenters. The monoisotopic (exact) mass is 492 g/mol. The third-order valence-corrected chi connectivity index (χ3v) is 6.35. The number of anilines is 1. The van der Waals surface area contributed by atoms with Crippen molar-refractivity contribution in [2.75, 3.05) is 10.7 Å². The van der Waals surface area contributed by atoms with Gasteiger partial charge in [-0.1, -0.05) is 88.4 Å². The van der Waals surface area contributed by atoms with Gasteiger partial charge in [0.25, 0.3) is 0 Å². The molecule has 5 nitrogen and oxygen atoms in total. The summed E-state index contributed by atoms with van der Waals surface area (Å²) in [5, 5.41) is 9.32. The lowest BCUT2D eigenvalue weighted by Gasteiger charge is -2.23. The molecule has 0 aliphatic carbocycles. The Morgan fingerprint density at radius 2 is 1.58 bits per heavy atom. The highest BCUT2D eigenvalue weighted by Crippen LogP contribution is 2.25. The Morgan fingerprint density at radius 3 is 2.26 bits per heavy atom. The molecule has 4 rings (SSSR count). The molecule has 3 aromatic carbocycles. The smallest absolute Gasteiger partial charge is 0.237 e. The van der Waals surface area contributed by atoms with E-state index < -0.39 is 0 Å². The number of aromatic nitrogens is 3. The van der Waals surface area contributed by atoms with Crippen LogP contribution in [0.5, 0.6) is 0 Å². The van der Waals surface area contributed by atoms with Crippen molar-refractivity contribution < 1.29 is 4.79 Å². The first kappa shape index (κ1) is 21.3. The van der Waals surface area contributed by atoms with Crippen molar-refractivity contribution in [2.24, 2.45) is 7.05 Å². The second-order valence-corrected chi connectivity index (χ2v) is 8.82. The fourth-order valence-electron chi connectivity index (χ4n) is 3.19. The maximum atomic E-state index is 13.2. The van der Waals surface area contributed by atoms with E-state index in [4.69, 9.17) is 0 Å². The number of nitrogens with zero attached hydrogens (tertiary/aromatic N) is 4. The van der Waals surface area contributed by atoms with E-state index in [9.17, 15) is 4.79 Å². The molecular formula is C24H21BrN4OS. The Labute approximate surface area is 194 Å². The predicted molar refractivity (Wildman–Crippen MR) is 129 cm³/mol.